The predicted octanol–water partition coefficient (Wildman–Crippen LogP) is 5.14. The fraction of sp³-hybridized carbons (Fsp3) is 0.346. The van der Waals surface area contributed by atoms with Crippen LogP contribution in [-0.2, 0) is 20.8 Å². The summed E-state index contributed by atoms with van der Waals surface area (Å²) in [5.41, 5.74) is -3.34. The van der Waals surface area contributed by atoms with Crippen LogP contribution in [0.5, 0.6) is 0 Å². The van der Waals surface area contributed by atoms with Crippen LogP contribution in [0.25, 0.3) is 0 Å². The Bertz CT molecular complexity index is 1660. The number of nitrogens with zero attached hydrogens (tertiary/aromatic N) is 5. The van der Waals surface area contributed by atoms with Gasteiger partial charge in [0, 0.05) is 25.9 Å². The van der Waals surface area contributed by atoms with E-state index in [1.54, 1.807) is 6.08 Å². The standard InChI is InChI=1S/C26H27ClF3N5O6S2/c1-25(2)23(36)35(19-7-6-17(16-31)20(14-19)26(28,29)30)24(37)33(25)11-5-4-10-32-12-13-34(43(32,40)41)18-8-9-22(21(27)15-18)42(3,38)39/h4-9,14-15,40-41H,10-13H2,1-3H3/b5-4-. The third kappa shape index (κ3) is 6.06. The van der Waals surface area contributed by atoms with Crippen molar-refractivity contribution < 1.29 is 40.3 Å². The molecule has 2 saturated heterocycles. The predicted molar refractivity (Wildman–Crippen MR) is 155 cm³/mol. The minimum absolute atomic E-state index is 0.0265. The van der Waals surface area contributed by atoms with Crippen LogP contribution in [0.15, 0.2) is 53.4 Å². The van der Waals surface area contributed by atoms with Crippen LogP contribution in [0, 0.1) is 11.3 Å². The molecule has 2 aromatic carbocycles. The topological polar surface area (TPSA) is 145 Å². The van der Waals surface area contributed by atoms with Crippen LogP contribution in [0.4, 0.5) is 29.3 Å². The molecule has 0 aromatic heterocycles. The second kappa shape index (κ2) is 11.3. The molecule has 43 heavy (non-hydrogen) atoms. The van der Waals surface area contributed by atoms with Crippen molar-refractivity contribution in [2.75, 3.05) is 41.6 Å². The number of benzene rings is 2. The number of carbonyl (C=O) groups is 2. The molecule has 2 fully saturated rings. The van der Waals surface area contributed by atoms with Crippen molar-refractivity contribution in [1.29, 1.82) is 5.26 Å². The van der Waals surface area contributed by atoms with E-state index in [1.165, 1.54) is 52.8 Å². The molecular formula is C26H27ClF3N5O6S2. The Morgan fingerprint density at radius 2 is 1.70 bits per heavy atom. The molecule has 2 aliphatic heterocycles. The zero-order valence-electron chi connectivity index (χ0n) is 23.0. The highest BCUT2D eigenvalue weighted by atomic mass is 35.5. The lowest BCUT2D eigenvalue weighted by Gasteiger charge is -2.42. The van der Waals surface area contributed by atoms with Gasteiger partial charge in [-0.2, -0.15) is 22.7 Å². The summed E-state index contributed by atoms with van der Waals surface area (Å²) >= 11 is 6.12. The van der Waals surface area contributed by atoms with E-state index in [-0.39, 0.29) is 41.8 Å². The minimum Gasteiger partial charge on any atom is -0.306 e. The molecule has 11 nitrogen and oxygen atoms in total. The quantitative estimate of drug-likeness (QED) is 0.304. The van der Waals surface area contributed by atoms with E-state index in [4.69, 9.17) is 16.9 Å². The van der Waals surface area contributed by atoms with E-state index < -0.39 is 55.6 Å². The number of rotatable bonds is 7. The number of anilines is 2. The summed E-state index contributed by atoms with van der Waals surface area (Å²) in [5, 5.41) is 8.98. The summed E-state index contributed by atoms with van der Waals surface area (Å²) in [4.78, 5) is 28.1. The van der Waals surface area contributed by atoms with E-state index in [0.717, 1.165) is 23.3 Å². The van der Waals surface area contributed by atoms with E-state index >= 15 is 0 Å². The molecule has 3 amide bonds. The highest BCUT2D eigenvalue weighted by Crippen LogP contribution is 2.53. The van der Waals surface area contributed by atoms with Crippen molar-refractivity contribution in [3.63, 3.8) is 0 Å². The maximum Gasteiger partial charge on any atom is 0.417 e. The summed E-state index contributed by atoms with van der Waals surface area (Å²) in [7, 11) is -7.08. The van der Waals surface area contributed by atoms with Gasteiger partial charge in [-0.05, 0) is 50.2 Å². The summed E-state index contributed by atoms with van der Waals surface area (Å²) < 4.78 is 88.6. The first-order valence-corrected chi connectivity index (χ1v) is 16.3. The second-order valence-electron chi connectivity index (χ2n) is 10.3. The molecule has 0 radical (unpaired) electrons. The minimum atomic E-state index is -4.88. The van der Waals surface area contributed by atoms with E-state index in [1.807, 2.05) is 0 Å². The van der Waals surface area contributed by atoms with E-state index in [2.05, 4.69) is 0 Å². The molecule has 0 bridgehead atoms. The van der Waals surface area contributed by atoms with Gasteiger partial charge in [0.2, 0.25) is 0 Å². The van der Waals surface area contributed by atoms with Gasteiger partial charge in [0.15, 0.2) is 9.84 Å². The fourth-order valence-corrected chi connectivity index (χ4v) is 7.68. The van der Waals surface area contributed by atoms with Gasteiger partial charge in [-0.15, -0.1) is 0 Å². The molecule has 232 valence electrons. The number of carbonyl (C=O) groups excluding carboxylic acids is 2. The van der Waals surface area contributed by atoms with Gasteiger partial charge in [-0.3, -0.25) is 18.2 Å². The summed E-state index contributed by atoms with van der Waals surface area (Å²) in [6.45, 7) is 3.22. The van der Waals surface area contributed by atoms with Gasteiger partial charge >= 0.3 is 12.2 Å². The Kier molecular flexibility index (Phi) is 8.57. The summed E-state index contributed by atoms with van der Waals surface area (Å²) in [6, 6.07) is 7.24. The number of hydrogen-bond donors (Lipinski definition) is 2. The average Bonchev–Trinajstić information content (AvgIpc) is 3.28. The lowest BCUT2D eigenvalue weighted by Crippen LogP contribution is -2.44. The Balaban J connectivity index is 1.47. The van der Waals surface area contributed by atoms with Gasteiger partial charge in [-0.1, -0.05) is 34.7 Å². The number of alkyl halides is 3. The smallest absolute Gasteiger partial charge is 0.306 e. The van der Waals surface area contributed by atoms with Crippen LogP contribution in [0.1, 0.15) is 25.0 Å². The third-order valence-electron chi connectivity index (χ3n) is 7.07. The molecule has 2 aliphatic rings. The van der Waals surface area contributed by atoms with E-state index in [0.29, 0.717) is 16.7 Å². The van der Waals surface area contributed by atoms with Crippen molar-refractivity contribution in [2.24, 2.45) is 0 Å². The molecule has 0 unspecified atom stereocenters. The summed E-state index contributed by atoms with van der Waals surface area (Å²) in [5.74, 6) is -0.756. The number of imide groups is 1. The number of hydrogen-bond acceptors (Lipinski definition) is 9. The summed E-state index contributed by atoms with van der Waals surface area (Å²) in [6.07, 6.45) is -0.797. The van der Waals surface area contributed by atoms with Gasteiger partial charge in [0.05, 0.1) is 45.0 Å². The largest absolute Gasteiger partial charge is 0.417 e. The second-order valence-corrected chi connectivity index (χ2v) is 14.6. The van der Waals surface area contributed by atoms with Crippen molar-refractivity contribution in [1.82, 2.24) is 9.21 Å². The highest BCUT2D eigenvalue weighted by Gasteiger charge is 2.52. The van der Waals surface area contributed by atoms with Gasteiger partial charge < -0.3 is 4.90 Å². The number of sulfone groups is 1. The van der Waals surface area contributed by atoms with Gasteiger partial charge in [0.1, 0.15) is 5.54 Å². The number of halogens is 4. The average molecular weight is 662 g/mol. The molecule has 0 aliphatic carbocycles. The molecule has 17 heteroatoms. The Morgan fingerprint density at radius 1 is 1.07 bits per heavy atom. The Labute approximate surface area is 252 Å². The van der Waals surface area contributed by atoms with Gasteiger partial charge in [-0.25, -0.2) is 18.1 Å². The highest BCUT2D eigenvalue weighted by molar-refractivity contribution is 8.23. The SMILES string of the molecule is CC1(C)C(=O)N(c2ccc(C#N)c(C(F)(F)F)c2)C(=O)N1C/C=C\CN1CCN(c2ccc(S(C)(=O)=O)c(Cl)c2)S1(O)O. The molecule has 2 aromatic rings. The Hall–Kier alpha value is -3.33. The van der Waals surface area contributed by atoms with Crippen LogP contribution in [0.3, 0.4) is 0 Å². The van der Waals surface area contributed by atoms with Crippen LogP contribution in [-0.4, -0.2) is 76.6 Å². The first kappa shape index (κ1) is 32.6. The third-order valence-corrected chi connectivity index (χ3v) is 10.7. The fourth-order valence-electron chi connectivity index (χ4n) is 4.74. The molecule has 0 atom stereocenters. The molecule has 0 spiro atoms. The maximum atomic E-state index is 13.5. The monoisotopic (exact) mass is 661 g/mol. The van der Waals surface area contributed by atoms with Crippen molar-refractivity contribution >= 4 is 55.7 Å². The lowest BCUT2D eigenvalue weighted by atomic mass is 10.0. The van der Waals surface area contributed by atoms with E-state index in [9.17, 15) is 40.3 Å². The van der Waals surface area contributed by atoms with Gasteiger partial charge in [0.25, 0.3) is 5.91 Å². The van der Waals surface area contributed by atoms with Crippen molar-refractivity contribution in [2.45, 2.75) is 30.5 Å². The Morgan fingerprint density at radius 3 is 2.28 bits per heavy atom. The molecule has 2 heterocycles. The van der Waals surface area contributed by atoms with Crippen LogP contribution < -0.4 is 9.21 Å². The zero-order chi connectivity index (χ0) is 32.1. The normalized spacial score (nSPS) is 19.9. The number of amides is 3. The number of urea groups is 1. The lowest BCUT2D eigenvalue weighted by molar-refractivity contribution is -0.137. The molecule has 2 N–H and O–H groups in total. The van der Waals surface area contributed by atoms with Crippen LogP contribution >= 0.6 is 22.6 Å². The van der Waals surface area contributed by atoms with Crippen molar-refractivity contribution in [3.05, 3.63) is 64.7 Å². The van der Waals surface area contributed by atoms with Crippen LogP contribution in [0.2, 0.25) is 5.02 Å². The number of nitriles is 1. The molecular weight excluding hydrogens is 635 g/mol. The molecule has 0 saturated carbocycles. The first-order chi connectivity index (χ1) is 19.8. The zero-order valence-corrected chi connectivity index (χ0v) is 25.4. The van der Waals surface area contributed by atoms with Crippen molar-refractivity contribution in [3.8, 4) is 6.07 Å². The maximum absolute atomic E-state index is 13.5. The first-order valence-electron chi connectivity index (χ1n) is 12.5. The molecule has 4 rings (SSSR count).